The van der Waals surface area contributed by atoms with Crippen LogP contribution < -0.4 is 5.32 Å². The quantitative estimate of drug-likeness (QED) is 0.835. The van der Waals surface area contributed by atoms with Gasteiger partial charge < -0.3 is 10.4 Å². The Hall–Kier alpha value is -1.06. The molecule has 0 aromatic heterocycles. The van der Waals surface area contributed by atoms with Crippen LogP contribution in [0.5, 0.6) is 0 Å². The van der Waals surface area contributed by atoms with Crippen molar-refractivity contribution in [3.8, 4) is 0 Å². The first kappa shape index (κ1) is 15.3. The molecule has 0 aromatic carbocycles. The number of rotatable bonds is 3. The Morgan fingerprint density at radius 2 is 1.50 bits per heavy atom. The SMILES string of the molecule is CC1CCC(C)(NC(=O)C2CCC(C(=O)O)CC2)CC1. The summed E-state index contributed by atoms with van der Waals surface area (Å²) in [5.74, 6) is -0.0269. The van der Waals surface area contributed by atoms with Crippen LogP contribution in [-0.2, 0) is 9.59 Å². The van der Waals surface area contributed by atoms with Gasteiger partial charge in [-0.15, -0.1) is 0 Å². The summed E-state index contributed by atoms with van der Waals surface area (Å²) in [6, 6.07) is 0. The molecule has 0 radical (unpaired) electrons. The van der Waals surface area contributed by atoms with Crippen LogP contribution in [0.15, 0.2) is 0 Å². The zero-order chi connectivity index (χ0) is 14.8. The van der Waals surface area contributed by atoms with E-state index in [1.54, 1.807) is 0 Å². The topological polar surface area (TPSA) is 66.4 Å². The van der Waals surface area contributed by atoms with Crippen LogP contribution in [0.1, 0.15) is 65.2 Å². The highest BCUT2D eigenvalue weighted by atomic mass is 16.4. The van der Waals surface area contributed by atoms with E-state index in [2.05, 4.69) is 19.2 Å². The molecule has 2 N–H and O–H groups in total. The van der Waals surface area contributed by atoms with Crippen LogP contribution in [0.3, 0.4) is 0 Å². The van der Waals surface area contributed by atoms with E-state index >= 15 is 0 Å². The van der Waals surface area contributed by atoms with Gasteiger partial charge in [0.25, 0.3) is 0 Å². The normalized spacial score (nSPS) is 38.2. The summed E-state index contributed by atoms with van der Waals surface area (Å²) in [7, 11) is 0. The first-order valence-electron chi connectivity index (χ1n) is 7.94. The molecule has 4 heteroatoms. The molecule has 2 aliphatic rings. The van der Waals surface area contributed by atoms with Crippen molar-refractivity contribution in [3.05, 3.63) is 0 Å². The molecule has 0 aliphatic heterocycles. The van der Waals surface area contributed by atoms with Crippen molar-refractivity contribution in [2.24, 2.45) is 17.8 Å². The van der Waals surface area contributed by atoms with E-state index in [9.17, 15) is 9.59 Å². The van der Waals surface area contributed by atoms with E-state index in [-0.39, 0.29) is 23.3 Å². The smallest absolute Gasteiger partial charge is 0.306 e. The fraction of sp³-hybridized carbons (Fsp3) is 0.875. The third-order valence-corrected chi connectivity index (χ3v) is 5.25. The van der Waals surface area contributed by atoms with Crippen LogP contribution in [0.4, 0.5) is 0 Å². The fourth-order valence-corrected chi connectivity index (χ4v) is 3.53. The molecule has 0 bridgehead atoms. The molecule has 2 saturated carbocycles. The van der Waals surface area contributed by atoms with E-state index in [1.165, 1.54) is 12.8 Å². The van der Waals surface area contributed by atoms with Gasteiger partial charge in [0, 0.05) is 11.5 Å². The van der Waals surface area contributed by atoms with Crippen molar-refractivity contribution in [2.75, 3.05) is 0 Å². The lowest BCUT2D eigenvalue weighted by atomic mass is 9.77. The number of carboxylic acid groups (broad SMARTS) is 1. The molecule has 0 heterocycles. The summed E-state index contributed by atoms with van der Waals surface area (Å²) in [5, 5.41) is 12.2. The van der Waals surface area contributed by atoms with Gasteiger partial charge in [0.2, 0.25) is 5.91 Å². The van der Waals surface area contributed by atoms with E-state index in [1.807, 2.05) is 0 Å². The maximum Gasteiger partial charge on any atom is 0.306 e. The minimum Gasteiger partial charge on any atom is -0.481 e. The molecular weight excluding hydrogens is 254 g/mol. The lowest BCUT2D eigenvalue weighted by Gasteiger charge is -2.38. The molecule has 1 amide bonds. The van der Waals surface area contributed by atoms with Crippen LogP contribution in [0, 0.1) is 17.8 Å². The predicted octanol–water partition coefficient (Wildman–Crippen LogP) is 2.96. The van der Waals surface area contributed by atoms with Gasteiger partial charge >= 0.3 is 5.97 Å². The summed E-state index contributed by atoms with van der Waals surface area (Å²) in [4.78, 5) is 23.3. The third-order valence-electron chi connectivity index (χ3n) is 5.25. The van der Waals surface area contributed by atoms with Gasteiger partial charge in [-0.25, -0.2) is 0 Å². The molecule has 0 unspecified atom stereocenters. The average molecular weight is 281 g/mol. The Kier molecular flexibility index (Phi) is 4.71. The number of carbonyl (C=O) groups is 2. The third kappa shape index (κ3) is 3.74. The highest BCUT2D eigenvalue weighted by Crippen LogP contribution is 2.33. The van der Waals surface area contributed by atoms with Crippen molar-refractivity contribution in [1.82, 2.24) is 5.32 Å². The highest BCUT2D eigenvalue weighted by Gasteiger charge is 2.35. The van der Waals surface area contributed by atoms with Gasteiger partial charge in [0.15, 0.2) is 0 Å². The maximum atomic E-state index is 12.4. The Morgan fingerprint density at radius 1 is 1.00 bits per heavy atom. The lowest BCUT2D eigenvalue weighted by molar-refractivity contribution is -0.144. The van der Waals surface area contributed by atoms with E-state index in [4.69, 9.17) is 5.11 Å². The highest BCUT2D eigenvalue weighted by molar-refractivity contribution is 5.80. The van der Waals surface area contributed by atoms with E-state index in [0.29, 0.717) is 12.8 Å². The van der Waals surface area contributed by atoms with Gasteiger partial charge in [-0.3, -0.25) is 9.59 Å². The van der Waals surface area contributed by atoms with Crippen LogP contribution >= 0.6 is 0 Å². The van der Waals surface area contributed by atoms with Gasteiger partial charge in [-0.05, 0) is 64.2 Å². The minimum absolute atomic E-state index is 0.0155. The van der Waals surface area contributed by atoms with Gasteiger partial charge in [-0.1, -0.05) is 6.92 Å². The number of carbonyl (C=O) groups excluding carboxylic acids is 1. The van der Waals surface area contributed by atoms with Crippen molar-refractivity contribution < 1.29 is 14.7 Å². The Bertz CT molecular complexity index is 364. The average Bonchev–Trinajstić information content (AvgIpc) is 2.42. The monoisotopic (exact) mass is 281 g/mol. The predicted molar refractivity (Wildman–Crippen MR) is 77.3 cm³/mol. The zero-order valence-corrected chi connectivity index (χ0v) is 12.7. The standard InChI is InChI=1S/C16H27NO3/c1-11-7-9-16(2,10-8-11)17-14(18)12-3-5-13(6-4-12)15(19)20/h11-13H,3-10H2,1-2H3,(H,17,18)(H,19,20). The van der Waals surface area contributed by atoms with Crippen molar-refractivity contribution in [3.63, 3.8) is 0 Å². The first-order chi connectivity index (χ1) is 9.39. The van der Waals surface area contributed by atoms with Crippen molar-refractivity contribution >= 4 is 11.9 Å². The van der Waals surface area contributed by atoms with Crippen molar-refractivity contribution in [1.29, 1.82) is 0 Å². The molecule has 20 heavy (non-hydrogen) atoms. The second-order valence-electron chi connectivity index (χ2n) is 7.12. The number of aliphatic carboxylic acids is 1. The summed E-state index contributed by atoms with van der Waals surface area (Å²) >= 11 is 0. The molecule has 2 aliphatic carbocycles. The summed E-state index contributed by atoms with van der Waals surface area (Å²) in [5.41, 5.74) is -0.0484. The fourth-order valence-electron chi connectivity index (χ4n) is 3.53. The van der Waals surface area contributed by atoms with Crippen molar-refractivity contribution in [2.45, 2.75) is 70.8 Å². The second-order valence-corrected chi connectivity index (χ2v) is 7.12. The van der Waals surface area contributed by atoms with Gasteiger partial charge in [-0.2, -0.15) is 0 Å². The van der Waals surface area contributed by atoms with E-state index < -0.39 is 5.97 Å². The number of hydrogen-bond acceptors (Lipinski definition) is 2. The number of carboxylic acids is 1. The van der Waals surface area contributed by atoms with Crippen LogP contribution in [0.2, 0.25) is 0 Å². The van der Waals surface area contributed by atoms with Gasteiger partial charge in [0.05, 0.1) is 5.92 Å². The Morgan fingerprint density at radius 3 is 2.00 bits per heavy atom. The molecule has 0 saturated heterocycles. The minimum atomic E-state index is -0.711. The summed E-state index contributed by atoms with van der Waals surface area (Å²) in [6.07, 6.45) is 7.20. The molecule has 2 fully saturated rings. The molecule has 4 nitrogen and oxygen atoms in total. The van der Waals surface area contributed by atoms with Crippen LogP contribution in [-0.4, -0.2) is 22.5 Å². The van der Waals surface area contributed by atoms with Gasteiger partial charge in [0.1, 0.15) is 0 Å². The lowest BCUT2D eigenvalue weighted by Crippen LogP contribution is -2.50. The summed E-state index contributed by atoms with van der Waals surface area (Å²) < 4.78 is 0. The van der Waals surface area contributed by atoms with Crippen LogP contribution in [0.25, 0.3) is 0 Å². The Labute approximate surface area is 121 Å². The maximum absolute atomic E-state index is 12.4. The second kappa shape index (κ2) is 6.15. The summed E-state index contributed by atoms with van der Waals surface area (Å²) in [6.45, 7) is 4.42. The largest absolute Gasteiger partial charge is 0.481 e. The molecule has 114 valence electrons. The van der Waals surface area contributed by atoms with E-state index in [0.717, 1.165) is 31.6 Å². The number of nitrogens with one attached hydrogen (secondary N) is 1. The molecule has 0 atom stereocenters. The molecule has 0 aromatic rings. The molecule has 2 rings (SSSR count). The zero-order valence-electron chi connectivity index (χ0n) is 12.7. The number of hydrogen-bond donors (Lipinski definition) is 2. The Balaban J connectivity index is 1.82. The molecule has 0 spiro atoms. The number of amides is 1. The molecular formula is C16H27NO3. The first-order valence-corrected chi connectivity index (χ1v) is 7.94.